The molecule has 1 amide bonds. The van der Waals surface area contributed by atoms with Crippen LogP contribution in [0.4, 0.5) is 5.69 Å². The predicted octanol–water partition coefficient (Wildman–Crippen LogP) is 2.86. The van der Waals surface area contributed by atoms with Crippen molar-refractivity contribution in [2.75, 3.05) is 11.1 Å². The van der Waals surface area contributed by atoms with Crippen LogP contribution < -0.4 is 11.1 Å². The first-order chi connectivity index (χ1) is 9.63. The van der Waals surface area contributed by atoms with Gasteiger partial charge >= 0.3 is 5.97 Å². The molecule has 21 heavy (non-hydrogen) atoms. The van der Waals surface area contributed by atoms with Gasteiger partial charge < -0.3 is 16.2 Å². The fraction of sp³-hybridized carbons (Fsp3) is 0.385. The molecule has 1 aromatic rings. The molecule has 116 valence electrons. The number of rotatable bonds is 6. The van der Waals surface area contributed by atoms with Crippen LogP contribution in [0.2, 0.25) is 10.0 Å². The zero-order valence-corrected chi connectivity index (χ0v) is 13.9. The summed E-state index contributed by atoms with van der Waals surface area (Å²) in [5.74, 6) is -1.30. The Morgan fingerprint density at radius 1 is 1.38 bits per heavy atom. The minimum absolute atomic E-state index is 0.0776. The van der Waals surface area contributed by atoms with Crippen molar-refractivity contribution < 1.29 is 14.7 Å². The fourth-order valence-electron chi connectivity index (χ4n) is 1.41. The predicted molar refractivity (Wildman–Crippen MR) is 87.2 cm³/mol. The third kappa shape index (κ3) is 5.39. The molecule has 0 aliphatic rings. The topological polar surface area (TPSA) is 92.4 Å². The lowest BCUT2D eigenvalue weighted by Gasteiger charge is -2.27. The molecule has 0 saturated carbocycles. The molecular weight excluding hydrogens is 335 g/mol. The van der Waals surface area contributed by atoms with Gasteiger partial charge in [-0.15, -0.1) is 11.8 Å². The van der Waals surface area contributed by atoms with E-state index in [1.165, 1.54) is 11.8 Å². The molecule has 0 aromatic heterocycles. The minimum Gasteiger partial charge on any atom is -0.480 e. The van der Waals surface area contributed by atoms with E-state index in [9.17, 15) is 9.59 Å². The second-order valence-electron chi connectivity index (χ2n) is 4.89. The number of thioether (sulfide) groups is 1. The SMILES string of the molecule is CC(C)(SCC(=O)Nc1ccc(Cl)c(Cl)c1)[C@@H](N)C(=O)O. The van der Waals surface area contributed by atoms with Crippen molar-refractivity contribution in [3.05, 3.63) is 28.2 Å². The van der Waals surface area contributed by atoms with E-state index in [1.807, 2.05) is 0 Å². The number of carboxylic acids is 1. The van der Waals surface area contributed by atoms with Gasteiger partial charge in [-0.2, -0.15) is 0 Å². The van der Waals surface area contributed by atoms with Crippen LogP contribution in [-0.2, 0) is 9.59 Å². The average molecular weight is 351 g/mol. The van der Waals surface area contributed by atoms with Crippen molar-refractivity contribution in [3.8, 4) is 0 Å². The number of hydrogen-bond donors (Lipinski definition) is 3. The first-order valence-corrected chi connectivity index (χ1v) is 7.75. The molecule has 0 bridgehead atoms. The number of nitrogens with one attached hydrogen (secondary N) is 1. The highest BCUT2D eigenvalue weighted by atomic mass is 35.5. The van der Waals surface area contributed by atoms with Crippen LogP contribution in [0, 0.1) is 0 Å². The van der Waals surface area contributed by atoms with Gasteiger partial charge in [0, 0.05) is 10.4 Å². The van der Waals surface area contributed by atoms with Crippen LogP contribution in [-0.4, -0.2) is 33.5 Å². The van der Waals surface area contributed by atoms with Gasteiger partial charge in [0.1, 0.15) is 6.04 Å². The molecule has 5 nitrogen and oxygen atoms in total. The summed E-state index contributed by atoms with van der Waals surface area (Å²) in [6.45, 7) is 3.37. The molecule has 1 atom stereocenters. The number of hydrogen-bond acceptors (Lipinski definition) is 4. The molecule has 0 aliphatic carbocycles. The molecule has 0 saturated heterocycles. The highest BCUT2D eigenvalue weighted by Gasteiger charge is 2.33. The Bertz CT molecular complexity index is 552. The zero-order chi connectivity index (χ0) is 16.2. The standard InChI is InChI=1S/C13H16Cl2N2O3S/c1-13(2,11(16)12(19)20)21-6-10(18)17-7-3-4-8(14)9(15)5-7/h3-5,11H,6,16H2,1-2H3,(H,17,18)(H,19,20)/t11-/m0/s1. The maximum atomic E-state index is 11.9. The molecule has 1 aromatic carbocycles. The van der Waals surface area contributed by atoms with E-state index in [1.54, 1.807) is 32.0 Å². The Hall–Kier alpha value is -0.950. The molecule has 0 heterocycles. The number of anilines is 1. The van der Waals surface area contributed by atoms with Gasteiger partial charge in [-0.25, -0.2) is 0 Å². The number of aliphatic carboxylic acids is 1. The fourth-order valence-corrected chi connectivity index (χ4v) is 2.56. The van der Waals surface area contributed by atoms with E-state index in [0.29, 0.717) is 15.7 Å². The second-order valence-corrected chi connectivity index (χ2v) is 7.33. The van der Waals surface area contributed by atoms with E-state index in [4.69, 9.17) is 34.0 Å². The van der Waals surface area contributed by atoms with Crippen LogP contribution >= 0.6 is 35.0 Å². The zero-order valence-electron chi connectivity index (χ0n) is 11.5. The van der Waals surface area contributed by atoms with Gasteiger partial charge in [-0.3, -0.25) is 9.59 Å². The Morgan fingerprint density at radius 2 is 2.00 bits per heavy atom. The first kappa shape index (κ1) is 18.1. The second kappa shape index (κ2) is 7.35. The minimum atomic E-state index is -1.10. The van der Waals surface area contributed by atoms with Crippen molar-refractivity contribution in [1.29, 1.82) is 0 Å². The number of nitrogens with two attached hydrogens (primary N) is 1. The maximum absolute atomic E-state index is 11.9. The summed E-state index contributed by atoms with van der Waals surface area (Å²) in [6, 6.07) is 3.70. The van der Waals surface area contributed by atoms with E-state index in [2.05, 4.69) is 5.32 Å². The number of carbonyl (C=O) groups excluding carboxylic acids is 1. The molecule has 0 unspecified atom stereocenters. The van der Waals surface area contributed by atoms with E-state index < -0.39 is 16.8 Å². The van der Waals surface area contributed by atoms with Crippen molar-refractivity contribution in [3.63, 3.8) is 0 Å². The Labute approximate surface area is 137 Å². The molecule has 0 spiro atoms. The summed E-state index contributed by atoms with van der Waals surface area (Å²) in [5, 5.41) is 12.3. The summed E-state index contributed by atoms with van der Waals surface area (Å²) in [6.07, 6.45) is 0. The van der Waals surface area contributed by atoms with Crippen LogP contribution in [0.1, 0.15) is 13.8 Å². The van der Waals surface area contributed by atoms with Crippen molar-refractivity contribution in [2.24, 2.45) is 5.73 Å². The maximum Gasteiger partial charge on any atom is 0.321 e. The van der Waals surface area contributed by atoms with E-state index in [0.717, 1.165) is 0 Å². The quantitative estimate of drug-likeness (QED) is 0.733. The lowest BCUT2D eigenvalue weighted by Crippen LogP contribution is -2.47. The number of carboxylic acid groups (broad SMARTS) is 1. The van der Waals surface area contributed by atoms with Crippen molar-refractivity contribution in [1.82, 2.24) is 0 Å². The molecule has 1 rings (SSSR count). The highest BCUT2D eigenvalue weighted by Crippen LogP contribution is 2.28. The normalized spacial score (nSPS) is 12.8. The molecule has 0 aliphatic heterocycles. The smallest absolute Gasteiger partial charge is 0.321 e. The molecule has 0 radical (unpaired) electrons. The molecular formula is C13H16Cl2N2O3S. The van der Waals surface area contributed by atoms with Crippen LogP contribution in [0.15, 0.2) is 18.2 Å². The lowest BCUT2D eigenvalue weighted by atomic mass is 10.1. The highest BCUT2D eigenvalue weighted by molar-refractivity contribution is 8.01. The first-order valence-electron chi connectivity index (χ1n) is 6.00. The molecule has 4 N–H and O–H groups in total. The van der Waals surface area contributed by atoms with Gasteiger partial charge in [0.2, 0.25) is 5.91 Å². The van der Waals surface area contributed by atoms with Crippen LogP contribution in [0.3, 0.4) is 0 Å². The number of carbonyl (C=O) groups is 2. The summed E-state index contributed by atoms with van der Waals surface area (Å²) < 4.78 is -0.763. The van der Waals surface area contributed by atoms with Crippen LogP contribution in [0.25, 0.3) is 0 Å². The average Bonchev–Trinajstić information content (AvgIpc) is 2.40. The number of amides is 1. The summed E-state index contributed by atoms with van der Waals surface area (Å²) >= 11 is 12.8. The Morgan fingerprint density at radius 3 is 2.52 bits per heavy atom. The van der Waals surface area contributed by atoms with Crippen molar-refractivity contribution in [2.45, 2.75) is 24.6 Å². The largest absolute Gasteiger partial charge is 0.480 e. The third-order valence-electron chi connectivity index (χ3n) is 2.79. The van der Waals surface area contributed by atoms with E-state index in [-0.39, 0.29) is 11.7 Å². The summed E-state index contributed by atoms with van der Waals surface area (Å²) in [5.41, 5.74) is 6.11. The van der Waals surface area contributed by atoms with Gasteiger partial charge in [0.25, 0.3) is 0 Å². The van der Waals surface area contributed by atoms with Crippen molar-refractivity contribution >= 4 is 52.5 Å². The van der Waals surface area contributed by atoms with Crippen LogP contribution in [0.5, 0.6) is 0 Å². The molecule has 0 fully saturated rings. The Kier molecular flexibility index (Phi) is 6.34. The number of halogens is 2. The molecule has 8 heteroatoms. The van der Waals surface area contributed by atoms with Gasteiger partial charge in [0.05, 0.1) is 15.8 Å². The van der Waals surface area contributed by atoms with Gasteiger partial charge in [-0.05, 0) is 32.0 Å². The summed E-state index contributed by atoms with van der Waals surface area (Å²) in [4.78, 5) is 22.7. The third-order valence-corrected chi connectivity index (χ3v) is 4.94. The monoisotopic (exact) mass is 350 g/mol. The van der Waals surface area contributed by atoms with Gasteiger partial charge in [-0.1, -0.05) is 23.2 Å². The van der Waals surface area contributed by atoms with Gasteiger partial charge in [0.15, 0.2) is 0 Å². The van der Waals surface area contributed by atoms with E-state index >= 15 is 0 Å². The Balaban J connectivity index is 2.58. The lowest BCUT2D eigenvalue weighted by molar-refractivity contribution is -0.139. The number of benzene rings is 1. The summed E-state index contributed by atoms with van der Waals surface area (Å²) in [7, 11) is 0.